The summed E-state index contributed by atoms with van der Waals surface area (Å²) in [6.07, 6.45) is 2.08. The van der Waals surface area contributed by atoms with E-state index >= 15 is 0 Å². The van der Waals surface area contributed by atoms with Crippen LogP contribution in [0.25, 0.3) is 0 Å². The van der Waals surface area contributed by atoms with Gasteiger partial charge in [-0.15, -0.1) is 11.8 Å². The number of hydrogen-bond donors (Lipinski definition) is 2. The first-order valence-corrected chi connectivity index (χ1v) is 6.67. The SMILES string of the molecule is O=C(O)CCN(C(=O)C1CSCN1)C1CC1. The maximum atomic E-state index is 12.1. The molecule has 1 unspecified atom stereocenters. The summed E-state index contributed by atoms with van der Waals surface area (Å²) in [7, 11) is 0. The van der Waals surface area contributed by atoms with Crippen LogP contribution in [-0.4, -0.2) is 52.1 Å². The number of carboxylic acids is 1. The van der Waals surface area contributed by atoms with Crippen molar-refractivity contribution in [2.45, 2.75) is 31.3 Å². The minimum Gasteiger partial charge on any atom is -0.481 e. The second kappa shape index (κ2) is 5.05. The van der Waals surface area contributed by atoms with E-state index in [1.165, 1.54) is 0 Å². The highest BCUT2D eigenvalue weighted by Gasteiger charge is 2.36. The Balaban J connectivity index is 1.89. The quantitative estimate of drug-likeness (QED) is 0.718. The summed E-state index contributed by atoms with van der Waals surface area (Å²) in [5, 5.41) is 11.8. The summed E-state index contributed by atoms with van der Waals surface area (Å²) in [6.45, 7) is 0.349. The molecule has 2 rings (SSSR count). The molecular formula is C10H16N2O3S. The highest BCUT2D eigenvalue weighted by atomic mass is 32.2. The first-order valence-electron chi connectivity index (χ1n) is 5.52. The summed E-state index contributed by atoms with van der Waals surface area (Å²) in [5.41, 5.74) is 0. The smallest absolute Gasteiger partial charge is 0.305 e. The molecule has 0 radical (unpaired) electrons. The number of carbonyl (C=O) groups excluding carboxylic acids is 1. The van der Waals surface area contributed by atoms with Crippen molar-refractivity contribution >= 4 is 23.6 Å². The van der Waals surface area contributed by atoms with Crippen LogP contribution in [-0.2, 0) is 9.59 Å². The Morgan fingerprint density at radius 3 is 2.69 bits per heavy atom. The first kappa shape index (κ1) is 11.7. The van der Waals surface area contributed by atoms with E-state index in [-0.39, 0.29) is 18.4 Å². The zero-order chi connectivity index (χ0) is 11.5. The summed E-state index contributed by atoms with van der Waals surface area (Å²) in [6, 6.07) is 0.179. The molecule has 5 nitrogen and oxygen atoms in total. The fraction of sp³-hybridized carbons (Fsp3) is 0.800. The van der Waals surface area contributed by atoms with Crippen LogP contribution in [0.15, 0.2) is 0 Å². The molecule has 0 bridgehead atoms. The van der Waals surface area contributed by atoms with Crippen molar-refractivity contribution in [3.63, 3.8) is 0 Å². The van der Waals surface area contributed by atoms with Crippen LogP contribution in [0.5, 0.6) is 0 Å². The highest BCUT2D eigenvalue weighted by Crippen LogP contribution is 2.28. The molecule has 1 saturated heterocycles. The van der Waals surface area contributed by atoms with Crippen LogP contribution in [0.2, 0.25) is 0 Å². The van der Waals surface area contributed by atoms with E-state index in [4.69, 9.17) is 5.11 Å². The van der Waals surface area contributed by atoms with Crippen molar-refractivity contribution < 1.29 is 14.7 Å². The Hall–Kier alpha value is -0.750. The van der Waals surface area contributed by atoms with E-state index in [0.29, 0.717) is 12.6 Å². The van der Waals surface area contributed by atoms with Gasteiger partial charge in [-0.3, -0.25) is 14.9 Å². The Bertz CT molecular complexity index is 288. The van der Waals surface area contributed by atoms with Gasteiger partial charge >= 0.3 is 5.97 Å². The van der Waals surface area contributed by atoms with E-state index in [0.717, 1.165) is 24.5 Å². The second-order valence-corrected chi connectivity index (χ2v) is 5.21. The molecule has 0 spiro atoms. The molecule has 1 saturated carbocycles. The van der Waals surface area contributed by atoms with Crippen molar-refractivity contribution in [1.82, 2.24) is 10.2 Å². The maximum Gasteiger partial charge on any atom is 0.305 e. The molecule has 6 heteroatoms. The normalized spacial score (nSPS) is 24.4. The van der Waals surface area contributed by atoms with Crippen LogP contribution >= 0.6 is 11.8 Å². The van der Waals surface area contributed by atoms with Gasteiger partial charge in [0.15, 0.2) is 0 Å². The Morgan fingerprint density at radius 2 is 2.19 bits per heavy atom. The fourth-order valence-corrected chi connectivity index (χ4v) is 2.76. The van der Waals surface area contributed by atoms with Gasteiger partial charge in [-0.2, -0.15) is 0 Å². The van der Waals surface area contributed by atoms with E-state index < -0.39 is 5.97 Å². The molecule has 0 aromatic heterocycles. The first-order chi connectivity index (χ1) is 7.68. The molecule has 90 valence electrons. The molecule has 1 aliphatic carbocycles. The molecule has 2 N–H and O–H groups in total. The number of carboxylic acid groups (broad SMARTS) is 1. The van der Waals surface area contributed by atoms with Crippen molar-refractivity contribution in [3.05, 3.63) is 0 Å². The van der Waals surface area contributed by atoms with E-state index in [9.17, 15) is 9.59 Å². The van der Waals surface area contributed by atoms with Crippen molar-refractivity contribution in [3.8, 4) is 0 Å². The molecule has 1 aliphatic heterocycles. The predicted octanol–water partition coefficient (Wildman–Crippen LogP) is 0.115. The largest absolute Gasteiger partial charge is 0.481 e. The molecule has 0 aromatic rings. The molecule has 16 heavy (non-hydrogen) atoms. The maximum absolute atomic E-state index is 12.1. The van der Waals surface area contributed by atoms with Gasteiger partial charge in [-0.05, 0) is 12.8 Å². The topological polar surface area (TPSA) is 69.6 Å². The third kappa shape index (κ3) is 2.89. The van der Waals surface area contributed by atoms with Gasteiger partial charge in [0.2, 0.25) is 5.91 Å². The standard InChI is InChI=1S/C10H16N2O3S/c13-9(14)3-4-12(7-1-2-7)10(15)8-5-16-6-11-8/h7-8,11H,1-6H2,(H,13,14). The number of thioether (sulfide) groups is 1. The molecule has 0 aromatic carbocycles. The average Bonchev–Trinajstić information content (AvgIpc) is 2.93. The number of aliphatic carboxylic acids is 1. The monoisotopic (exact) mass is 244 g/mol. The third-order valence-corrected chi connectivity index (χ3v) is 3.79. The molecule has 2 fully saturated rings. The molecule has 2 aliphatic rings. The lowest BCUT2D eigenvalue weighted by molar-refractivity contribution is -0.139. The van der Waals surface area contributed by atoms with Crippen LogP contribution in [0.4, 0.5) is 0 Å². The van der Waals surface area contributed by atoms with Crippen molar-refractivity contribution in [2.75, 3.05) is 18.2 Å². The predicted molar refractivity (Wildman–Crippen MR) is 61.2 cm³/mol. The molecular weight excluding hydrogens is 228 g/mol. The van der Waals surface area contributed by atoms with Gasteiger partial charge in [0.1, 0.15) is 0 Å². The lowest BCUT2D eigenvalue weighted by Gasteiger charge is -2.24. The number of nitrogens with zero attached hydrogens (tertiary/aromatic N) is 1. The Morgan fingerprint density at radius 1 is 1.44 bits per heavy atom. The van der Waals surface area contributed by atoms with Gasteiger partial charge in [0.05, 0.1) is 12.5 Å². The van der Waals surface area contributed by atoms with Crippen LogP contribution in [0.3, 0.4) is 0 Å². The lowest BCUT2D eigenvalue weighted by Crippen LogP contribution is -2.46. The fourth-order valence-electron chi connectivity index (χ4n) is 1.83. The van der Waals surface area contributed by atoms with Crippen LogP contribution in [0, 0.1) is 0 Å². The Kier molecular flexibility index (Phi) is 3.70. The molecule has 1 heterocycles. The zero-order valence-corrected chi connectivity index (χ0v) is 9.83. The van der Waals surface area contributed by atoms with Gasteiger partial charge in [0, 0.05) is 24.2 Å². The summed E-state index contributed by atoms with van der Waals surface area (Å²) >= 11 is 1.71. The second-order valence-electron chi connectivity index (χ2n) is 4.18. The number of amides is 1. The van der Waals surface area contributed by atoms with Gasteiger partial charge in [-0.1, -0.05) is 0 Å². The number of carbonyl (C=O) groups is 2. The van der Waals surface area contributed by atoms with E-state index in [1.807, 2.05) is 0 Å². The highest BCUT2D eigenvalue weighted by molar-refractivity contribution is 7.99. The summed E-state index contributed by atoms with van der Waals surface area (Å²) in [5.74, 6) is 0.851. The molecule has 1 amide bonds. The van der Waals surface area contributed by atoms with Crippen LogP contribution in [0.1, 0.15) is 19.3 Å². The number of nitrogens with one attached hydrogen (secondary N) is 1. The molecule has 1 atom stereocenters. The Labute approximate surface area is 98.6 Å². The number of hydrogen-bond acceptors (Lipinski definition) is 4. The van der Waals surface area contributed by atoms with Crippen LogP contribution < -0.4 is 5.32 Å². The van der Waals surface area contributed by atoms with Gasteiger partial charge in [-0.25, -0.2) is 0 Å². The lowest BCUT2D eigenvalue weighted by atomic mass is 10.2. The van der Waals surface area contributed by atoms with Gasteiger partial charge < -0.3 is 10.0 Å². The van der Waals surface area contributed by atoms with Crippen molar-refractivity contribution in [1.29, 1.82) is 0 Å². The average molecular weight is 244 g/mol. The van der Waals surface area contributed by atoms with E-state index in [1.54, 1.807) is 16.7 Å². The number of rotatable bonds is 5. The zero-order valence-electron chi connectivity index (χ0n) is 9.02. The minimum atomic E-state index is -0.841. The minimum absolute atomic E-state index is 0.0438. The summed E-state index contributed by atoms with van der Waals surface area (Å²) < 4.78 is 0. The van der Waals surface area contributed by atoms with Crippen molar-refractivity contribution in [2.24, 2.45) is 0 Å². The third-order valence-electron chi connectivity index (χ3n) is 2.85. The summed E-state index contributed by atoms with van der Waals surface area (Å²) in [4.78, 5) is 24.4. The van der Waals surface area contributed by atoms with Gasteiger partial charge in [0.25, 0.3) is 0 Å². The van der Waals surface area contributed by atoms with E-state index in [2.05, 4.69) is 5.32 Å².